The highest BCUT2D eigenvalue weighted by Crippen LogP contribution is 2.32. The average Bonchev–Trinajstić information content (AvgIpc) is 2.16. The van der Waals surface area contributed by atoms with E-state index in [0.29, 0.717) is 0 Å². The zero-order valence-corrected chi connectivity index (χ0v) is 7.71. The van der Waals surface area contributed by atoms with Crippen molar-refractivity contribution >= 4 is 12.0 Å². The van der Waals surface area contributed by atoms with Gasteiger partial charge in [0.25, 0.3) is 0 Å². The van der Waals surface area contributed by atoms with Crippen LogP contribution in [0.4, 0.5) is 8.78 Å². The van der Waals surface area contributed by atoms with Gasteiger partial charge in [0.05, 0.1) is 5.92 Å². The van der Waals surface area contributed by atoms with Crippen molar-refractivity contribution in [2.24, 2.45) is 0 Å². The molecule has 0 radical (unpaired) electrons. The molecule has 0 bridgehead atoms. The topological polar surface area (TPSA) is 37.3 Å². The van der Waals surface area contributed by atoms with Crippen molar-refractivity contribution in [2.75, 3.05) is 0 Å². The van der Waals surface area contributed by atoms with Gasteiger partial charge >= 0.3 is 5.97 Å². The van der Waals surface area contributed by atoms with Crippen LogP contribution in [-0.2, 0) is 4.79 Å². The van der Waals surface area contributed by atoms with Gasteiger partial charge < -0.3 is 5.11 Å². The fraction of sp³-hybridized carbons (Fsp3) is 0.182. The van der Waals surface area contributed by atoms with Gasteiger partial charge in [0, 0.05) is 11.6 Å². The smallest absolute Gasteiger partial charge is 0.311 e. The van der Waals surface area contributed by atoms with E-state index in [9.17, 15) is 13.6 Å². The monoisotopic (exact) mass is 210 g/mol. The van der Waals surface area contributed by atoms with Crippen molar-refractivity contribution < 1.29 is 18.7 Å². The molecule has 1 aromatic rings. The van der Waals surface area contributed by atoms with Gasteiger partial charge in [-0.05, 0) is 18.1 Å². The molecule has 1 N–H and O–H groups in total. The summed E-state index contributed by atoms with van der Waals surface area (Å²) in [6.45, 7) is 0. The van der Waals surface area contributed by atoms with E-state index in [-0.39, 0.29) is 17.5 Å². The molecule has 0 heterocycles. The van der Waals surface area contributed by atoms with Crippen LogP contribution in [0.25, 0.3) is 6.08 Å². The standard InChI is InChI=1S/C11H8F2O2/c12-6-4-9-7(10(13)5-6)2-1-3-8(9)11(14)15/h1-2,4-5,8H,3H2,(H,14,15). The lowest BCUT2D eigenvalue weighted by atomic mass is 9.87. The number of aliphatic carboxylic acids is 1. The number of fused-ring (bicyclic) bond motifs is 1. The summed E-state index contributed by atoms with van der Waals surface area (Å²) in [6.07, 6.45) is 3.34. The predicted octanol–water partition coefficient (Wildman–Crippen LogP) is 2.55. The third-order valence-electron chi connectivity index (χ3n) is 2.46. The summed E-state index contributed by atoms with van der Waals surface area (Å²) in [5.41, 5.74) is 0.387. The normalized spacial score (nSPS) is 18.7. The first-order chi connectivity index (χ1) is 7.09. The lowest BCUT2D eigenvalue weighted by Crippen LogP contribution is -2.15. The van der Waals surface area contributed by atoms with E-state index in [2.05, 4.69) is 0 Å². The van der Waals surface area contributed by atoms with Crippen LogP contribution in [0.3, 0.4) is 0 Å². The zero-order valence-electron chi connectivity index (χ0n) is 7.71. The maximum absolute atomic E-state index is 13.3. The third kappa shape index (κ3) is 1.63. The molecule has 0 saturated carbocycles. The Morgan fingerprint density at radius 2 is 2.13 bits per heavy atom. The Kier molecular flexibility index (Phi) is 2.26. The quantitative estimate of drug-likeness (QED) is 0.773. The zero-order chi connectivity index (χ0) is 11.0. The second-order valence-electron chi connectivity index (χ2n) is 3.42. The first-order valence-corrected chi connectivity index (χ1v) is 4.48. The summed E-state index contributed by atoms with van der Waals surface area (Å²) in [6, 6.07) is 1.84. The van der Waals surface area contributed by atoms with Crippen LogP contribution in [0, 0.1) is 11.6 Å². The van der Waals surface area contributed by atoms with Gasteiger partial charge in [-0.25, -0.2) is 8.78 Å². The Morgan fingerprint density at radius 1 is 1.40 bits per heavy atom. The van der Waals surface area contributed by atoms with Crippen LogP contribution in [0.1, 0.15) is 23.5 Å². The molecular weight excluding hydrogens is 202 g/mol. The van der Waals surface area contributed by atoms with Gasteiger partial charge in [-0.3, -0.25) is 4.79 Å². The summed E-state index contributed by atoms with van der Waals surface area (Å²) >= 11 is 0. The van der Waals surface area contributed by atoms with E-state index in [4.69, 9.17) is 5.11 Å². The molecule has 0 aliphatic heterocycles. The van der Waals surface area contributed by atoms with Crippen molar-refractivity contribution in [3.8, 4) is 0 Å². The molecule has 2 rings (SSSR count). The van der Waals surface area contributed by atoms with Crippen molar-refractivity contribution in [3.05, 3.63) is 41.0 Å². The molecule has 0 spiro atoms. The Hall–Kier alpha value is -1.71. The summed E-state index contributed by atoms with van der Waals surface area (Å²) in [5, 5.41) is 8.89. The number of allylic oxidation sites excluding steroid dienone is 1. The third-order valence-corrected chi connectivity index (χ3v) is 2.46. The molecule has 1 aliphatic carbocycles. The molecule has 15 heavy (non-hydrogen) atoms. The number of carboxylic acids is 1. The summed E-state index contributed by atoms with van der Waals surface area (Å²) in [7, 11) is 0. The minimum absolute atomic E-state index is 0.176. The van der Waals surface area contributed by atoms with Crippen LogP contribution < -0.4 is 0 Å². The second-order valence-corrected chi connectivity index (χ2v) is 3.42. The molecule has 2 nitrogen and oxygen atoms in total. The maximum atomic E-state index is 13.3. The Bertz CT molecular complexity index is 452. The second kappa shape index (κ2) is 3.46. The molecule has 78 valence electrons. The van der Waals surface area contributed by atoms with E-state index in [0.717, 1.165) is 12.1 Å². The summed E-state index contributed by atoms with van der Waals surface area (Å²) in [4.78, 5) is 10.9. The van der Waals surface area contributed by atoms with Gasteiger partial charge in [0.1, 0.15) is 11.6 Å². The minimum atomic E-state index is -1.06. The van der Waals surface area contributed by atoms with E-state index in [1.54, 1.807) is 6.08 Å². The predicted molar refractivity (Wildman–Crippen MR) is 50.4 cm³/mol. The van der Waals surface area contributed by atoms with E-state index in [1.807, 2.05) is 0 Å². The highest BCUT2D eigenvalue weighted by Gasteiger charge is 2.25. The van der Waals surface area contributed by atoms with Gasteiger partial charge in [-0.1, -0.05) is 12.2 Å². The molecule has 0 fully saturated rings. The molecule has 0 saturated heterocycles. The summed E-state index contributed by atoms with van der Waals surface area (Å²) < 4.78 is 26.2. The molecule has 1 aliphatic rings. The molecule has 0 amide bonds. The van der Waals surface area contributed by atoms with Crippen LogP contribution in [0.2, 0.25) is 0 Å². The molecular formula is C11H8F2O2. The van der Waals surface area contributed by atoms with E-state index in [1.165, 1.54) is 6.08 Å². The largest absolute Gasteiger partial charge is 0.481 e. The molecule has 1 aromatic carbocycles. The Balaban J connectivity index is 2.61. The Labute approximate surface area is 84.8 Å². The average molecular weight is 210 g/mol. The summed E-state index contributed by atoms with van der Waals surface area (Å²) in [5.74, 6) is -3.37. The van der Waals surface area contributed by atoms with Crippen molar-refractivity contribution in [2.45, 2.75) is 12.3 Å². The van der Waals surface area contributed by atoms with Crippen LogP contribution >= 0.6 is 0 Å². The van der Waals surface area contributed by atoms with Gasteiger partial charge in [0.15, 0.2) is 0 Å². The van der Waals surface area contributed by atoms with Crippen molar-refractivity contribution in [1.29, 1.82) is 0 Å². The number of hydrogen-bond donors (Lipinski definition) is 1. The maximum Gasteiger partial charge on any atom is 0.311 e. The fourth-order valence-electron chi connectivity index (χ4n) is 1.75. The number of rotatable bonds is 1. The van der Waals surface area contributed by atoms with E-state index < -0.39 is 23.5 Å². The SMILES string of the molecule is O=C(O)C1CC=Cc2c(F)cc(F)cc21. The number of benzene rings is 1. The van der Waals surface area contributed by atoms with Crippen LogP contribution in [-0.4, -0.2) is 11.1 Å². The van der Waals surface area contributed by atoms with Gasteiger partial charge in [0.2, 0.25) is 0 Å². The van der Waals surface area contributed by atoms with E-state index >= 15 is 0 Å². The van der Waals surface area contributed by atoms with Crippen molar-refractivity contribution in [3.63, 3.8) is 0 Å². The first kappa shape index (κ1) is 9.83. The number of hydrogen-bond acceptors (Lipinski definition) is 1. The highest BCUT2D eigenvalue weighted by molar-refractivity contribution is 5.80. The van der Waals surface area contributed by atoms with Gasteiger partial charge in [-0.2, -0.15) is 0 Å². The lowest BCUT2D eigenvalue weighted by molar-refractivity contribution is -0.138. The number of carboxylic acid groups (broad SMARTS) is 1. The Morgan fingerprint density at radius 3 is 2.80 bits per heavy atom. The van der Waals surface area contributed by atoms with Crippen molar-refractivity contribution in [1.82, 2.24) is 0 Å². The number of halogens is 2. The number of carbonyl (C=O) groups is 1. The minimum Gasteiger partial charge on any atom is -0.481 e. The van der Waals surface area contributed by atoms with Gasteiger partial charge in [-0.15, -0.1) is 0 Å². The molecule has 1 atom stereocenters. The lowest BCUT2D eigenvalue weighted by Gasteiger charge is -2.18. The fourth-order valence-corrected chi connectivity index (χ4v) is 1.75. The molecule has 0 aromatic heterocycles. The molecule has 1 unspecified atom stereocenters. The highest BCUT2D eigenvalue weighted by atomic mass is 19.1. The first-order valence-electron chi connectivity index (χ1n) is 4.48. The molecule has 4 heteroatoms. The van der Waals surface area contributed by atoms with Crippen LogP contribution in [0.5, 0.6) is 0 Å². The van der Waals surface area contributed by atoms with Crippen LogP contribution in [0.15, 0.2) is 18.2 Å².